The van der Waals surface area contributed by atoms with Gasteiger partial charge in [-0.25, -0.2) is 0 Å². The van der Waals surface area contributed by atoms with E-state index in [0.29, 0.717) is 5.16 Å². The van der Waals surface area contributed by atoms with E-state index in [1.165, 1.54) is 0 Å². The number of rotatable bonds is 4. The number of aromatic nitrogens is 3. The fraction of sp³-hybridized carbons (Fsp3) is 0.100. The molecule has 1 aromatic heterocycles. The van der Waals surface area contributed by atoms with Crippen molar-refractivity contribution in [3.63, 3.8) is 0 Å². The maximum absolute atomic E-state index is 10.5. The zero-order valence-corrected chi connectivity index (χ0v) is 9.09. The zero-order chi connectivity index (χ0) is 11.4. The number of hydrogen-bond acceptors (Lipinski definition) is 4. The Kier molecular flexibility index (Phi) is 3.21. The first-order valence-electron chi connectivity index (χ1n) is 4.57. The molecule has 0 aliphatic carbocycles. The highest BCUT2D eigenvalue weighted by Gasteiger charge is 2.08. The van der Waals surface area contributed by atoms with Crippen molar-refractivity contribution >= 4 is 17.7 Å². The Morgan fingerprint density at radius 1 is 1.38 bits per heavy atom. The quantitative estimate of drug-likeness (QED) is 0.812. The monoisotopic (exact) mass is 235 g/mol. The lowest BCUT2D eigenvalue weighted by Gasteiger charge is -2.04. The third-order valence-corrected chi connectivity index (χ3v) is 2.80. The summed E-state index contributed by atoms with van der Waals surface area (Å²) < 4.78 is 1.76. The van der Waals surface area contributed by atoms with Gasteiger partial charge < -0.3 is 5.11 Å². The van der Waals surface area contributed by atoms with Crippen LogP contribution in [0.15, 0.2) is 41.8 Å². The molecule has 5 nitrogen and oxygen atoms in total. The molecule has 16 heavy (non-hydrogen) atoms. The lowest BCUT2D eigenvalue weighted by molar-refractivity contribution is -0.133. The van der Waals surface area contributed by atoms with Crippen LogP contribution in [0.3, 0.4) is 0 Å². The molecule has 0 saturated carbocycles. The minimum absolute atomic E-state index is 0.0223. The van der Waals surface area contributed by atoms with Crippen LogP contribution in [0, 0.1) is 0 Å². The highest BCUT2D eigenvalue weighted by molar-refractivity contribution is 7.99. The van der Waals surface area contributed by atoms with Crippen LogP contribution in [0.1, 0.15) is 0 Å². The van der Waals surface area contributed by atoms with Crippen molar-refractivity contribution < 1.29 is 9.90 Å². The van der Waals surface area contributed by atoms with Crippen LogP contribution in [-0.2, 0) is 4.79 Å². The molecule has 0 aliphatic rings. The molecular formula is C10H9N3O2S. The van der Waals surface area contributed by atoms with Gasteiger partial charge >= 0.3 is 5.97 Å². The molecule has 0 atom stereocenters. The number of aliphatic carboxylic acids is 1. The number of hydrogen-bond donors (Lipinski definition) is 1. The van der Waals surface area contributed by atoms with E-state index in [0.717, 1.165) is 17.4 Å². The minimum atomic E-state index is -0.868. The maximum atomic E-state index is 10.5. The lowest BCUT2D eigenvalue weighted by Crippen LogP contribution is -2.01. The maximum Gasteiger partial charge on any atom is 0.313 e. The standard InChI is InChI=1S/C10H9N3O2S/c14-9(15)6-16-10-12-11-7-13(10)8-4-2-1-3-5-8/h1-5,7H,6H2,(H,14,15). The highest BCUT2D eigenvalue weighted by Crippen LogP contribution is 2.18. The lowest BCUT2D eigenvalue weighted by atomic mass is 10.3. The Morgan fingerprint density at radius 2 is 2.12 bits per heavy atom. The molecule has 2 rings (SSSR count). The van der Waals surface area contributed by atoms with E-state index in [1.54, 1.807) is 10.9 Å². The van der Waals surface area contributed by atoms with Gasteiger partial charge in [-0.1, -0.05) is 30.0 Å². The number of carboxylic acid groups (broad SMARTS) is 1. The Bertz CT molecular complexity index is 484. The predicted octanol–water partition coefficient (Wildman–Crippen LogP) is 1.44. The molecule has 1 aromatic carbocycles. The molecule has 1 heterocycles. The van der Waals surface area contributed by atoms with Crippen molar-refractivity contribution in [1.82, 2.24) is 14.8 Å². The van der Waals surface area contributed by atoms with Crippen LogP contribution < -0.4 is 0 Å². The van der Waals surface area contributed by atoms with E-state index in [9.17, 15) is 4.79 Å². The van der Waals surface area contributed by atoms with Crippen LogP contribution in [0.25, 0.3) is 5.69 Å². The molecule has 2 aromatic rings. The number of carboxylic acids is 1. The number of benzene rings is 1. The number of carbonyl (C=O) groups is 1. The first-order chi connectivity index (χ1) is 7.77. The molecule has 0 fully saturated rings. The van der Waals surface area contributed by atoms with Crippen molar-refractivity contribution in [2.24, 2.45) is 0 Å². The largest absolute Gasteiger partial charge is 0.481 e. The average Bonchev–Trinajstić information content (AvgIpc) is 2.75. The molecule has 1 N–H and O–H groups in total. The molecule has 6 heteroatoms. The second kappa shape index (κ2) is 4.80. The van der Waals surface area contributed by atoms with E-state index in [-0.39, 0.29) is 5.75 Å². The van der Waals surface area contributed by atoms with Gasteiger partial charge in [0.05, 0.1) is 5.75 Å². The van der Waals surface area contributed by atoms with Gasteiger partial charge in [0.1, 0.15) is 6.33 Å². The molecule has 0 spiro atoms. The molecule has 0 unspecified atom stereocenters. The van der Waals surface area contributed by atoms with E-state index in [1.807, 2.05) is 30.3 Å². The Balaban J connectivity index is 2.23. The fourth-order valence-electron chi connectivity index (χ4n) is 1.21. The minimum Gasteiger partial charge on any atom is -0.481 e. The summed E-state index contributed by atoms with van der Waals surface area (Å²) in [4.78, 5) is 10.5. The van der Waals surface area contributed by atoms with Gasteiger partial charge in [-0.2, -0.15) is 0 Å². The summed E-state index contributed by atoms with van der Waals surface area (Å²) in [5, 5.41) is 16.8. The number of nitrogens with zero attached hydrogens (tertiary/aromatic N) is 3. The van der Waals surface area contributed by atoms with Gasteiger partial charge in [0, 0.05) is 5.69 Å². The van der Waals surface area contributed by atoms with Crippen molar-refractivity contribution in [2.75, 3.05) is 5.75 Å². The van der Waals surface area contributed by atoms with Crippen molar-refractivity contribution in [3.05, 3.63) is 36.7 Å². The summed E-state index contributed by atoms with van der Waals surface area (Å²) in [6.45, 7) is 0. The van der Waals surface area contributed by atoms with E-state index in [4.69, 9.17) is 5.11 Å². The topological polar surface area (TPSA) is 68.0 Å². The van der Waals surface area contributed by atoms with Gasteiger partial charge in [-0.15, -0.1) is 10.2 Å². The summed E-state index contributed by atoms with van der Waals surface area (Å²) in [6, 6.07) is 9.54. The second-order valence-corrected chi connectivity index (χ2v) is 3.94. The third-order valence-electron chi connectivity index (χ3n) is 1.88. The van der Waals surface area contributed by atoms with Gasteiger partial charge in [-0.05, 0) is 12.1 Å². The Hall–Kier alpha value is -1.82. The van der Waals surface area contributed by atoms with Crippen LogP contribution in [-0.4, -0.2) is 31.6 Å². The smallest absolute Gasteiger partial charge is 0.313 e. The van der Waals surface area contributed by atoms with Crippen molar-refractivity contribution in [3.8, 4) is 5.69 Å². The summed E-state index contributed by atoms with van der Waals surface area (Å²) in [5.74, 6) is -0.890. The number of para-hydroxylation sites is 1. The van der Waals surface area contributed by atoms with E-state index >= 15 is 0 Å². The predicted molar refractivity (Wildman–Crippen MR) is 59.7 cm³/mol. The van der Waals surface area contributed by atoms with Gasteiger partial charge in [0.15, 0.2) is 5.16 Å². The molecule has 0 radical (unpaired) electrons. The van der Waals surface area contributed by atoms with Crippen LogP contribution >= 0.6 is 11.8 Å². The van der Waals surface area contributed by atoms with Crippen LogP contribution in [0.2, 0.25) is 0 Å². The van der Waals surface area contributed by atoms with Gasteiger partial charge in [0.25, 0.3) is 0 Å². The molecular weight excluding hydrogens is 226 g/mol. The van der Waals surface area contributed by atoms with E-state index in [2.05, 4.69) is 10.2 Å². The summed E-state index contributed by atoms with van der Waals surface area (Å²) >= 11 is 1.15. The zero-order valence-electron chi connectivity index (χ0n) is 8.28. The van der Waals surface area contributed by atoms with Crippen LogP contribution in [0.5, 0.6) is 0 Å². The second-order valence-electron chi connectivity index (χ2n) is 3.00. The first-order valence-corrected chi connectivity index (χ1v) is 5.56. The SMILES string of the molecule is O=C(O)CSc1nncn1-c1ccccc1. The molecule has 82 valence electrons. The first kappa shape index (κ1) is 10.7. The molecule has 0 aliphatic heterocycles. The highest BCUT2D eigenvalue weighted by atomic mass is 32.2. The summed E-state index contributed by atoms with van der Waals surface area (Å²) in [5.41, 5.74) is 0.917. The van der Waals surface area contributed by atoms with Crippen molar-refractivity contribution in [1.29, 1.82) is 0 Å². The van der Waals surface area contributed by atoms with Crippen LogP contribution in [0.4, 0.5) is 0 Å². The fourth-order valence-corrected chi connectivity index (χ4v) is 1.86. The molecule has 0 bridgehead atoms. The van der Waals surface area contributed by atoms with Crippen molar-refractivity contribution in [2.45, 2.75) is 5.16 Å². The Labute approximate surface area is 96.1 Å². The third kappa shape index (κ3) is 2.40. The number of thioether (sulfide) groups is 1. The summed E-state index contributed by atoms with van der Waals surface area (Å²) in [7, 11) is 0. The normalized spacial score (nSPS) is 10.2. The average molecular weight is 235 g/mol. The van der Waals surface area contributed by atoms with E-state index < -0.39 is 5.97 Å². The Morgan fingerprint density at radius 3 is 2.81 bits per heavy atom. The van der Waals surface area contributed by atoms with Gasteiger partial charge in [-0.3, -0.25) is 9.36 Å². The van der Waals surface area contributed by atoms with Gasteiger partial charge in [0.2, 0.25) is 0 Å². The molecule has 0 saturated heterocycles. The summed E-state index contributed by atoms with van der Waals surface area (Å²) in [6.07, 6.45) is 1.57. The molecule has 0 amide bonds.